The molecule has 1 aliphatic carbocycles. The summed E-state index contributed by atoms with van der Waals surface area (Å²) in [5, 5.41) is 0. The van der Waals surface area contributed by atoms with Gasteiger partial charge in [-0.15, -0.1) is 0 Å². The molecule has 1 saturated carbocycles. The zero-order chi connectivity index (χ0) is 15.0. The van der Waals surface area contributed by atoms with Gasteiger partial charge in [-0.2, -0.15) is 0 Å². The molecule has 0 bridgehead atoms. The van der Waals surface area contributed by atoms with E-state index in [2.05, 4.69) is 38.1 Å². The topological polar surface area (TPSA) is 26.0 Å². The first-order chi connectivity index (χ1) is 10.00. The van der Waals surface area contributed by atoms with Gasteiger partial charge in [0.25, 0.3) is 0 Å². The van der Waals surface area contributed by atoms with E-state index in [4.69, 9.17) is 5.73 Å². The monoisotopic (exact) mass is 283 g/mol. The lowest BCUT2D eigenvalue weighted by atomic mass is 9.75. The van der Waals surface area contributed by atoms with E-state index in [1.54, 1.807) is 0 Å². The minimum Gasteiger partial charge on any atom is -0.327 e. The first kappa shape index (κ1) is 14.3. The van der Waals surface area contributed by atoms with Crippen LogP contribution in [-0.4, -0.2) is 6.04 Å². The van der Waals surface area contributed by atoms with Crippen molar-refractivity contribution >= 4 is 0 Å². The van der Waals surface area contributed by atoms with Crippen LogP contribution in [0.3, 0.4) is 0 Å². The summed E-state index contributed by atoms with van der Waals surface area (Å²) in [6.07, 6.45) is 1.15. The van der Waals surface area contributed by atoms with Gasteiger partial charge in [0.05, 0.1) is 0 Å². The molecule has 3 unspecified atom stereocenters. The number of nitrogens with two attached hydrogens (primary N) is 1. The molecule has 0 amide bonds. The predicted octanol–water partition coefficient (Wildman–Crippen LogP) is 4.23. The Balaban J connectivity index is 1.76. The zero-order valence-electron chi connectivity index (χ0n) is 12.6. The summed E-state index contributed by atoms with van der Waals surface area (Å²) < 4.78 is 13.1. The van der Waals surface area contributed by atoms with Crippen LogP contribution >= 0.6 is 0 Å². The molecule has 0 saturated heterocycles. The molecule has 0 radical (unpaired) electrons. The van der Waals surface area contributed by atoms with Crippen LogP contribution < -0.4 is 5.73 Å². The summed E-state index contributed by atoms with van der Waals surface area (Å²) in [4.78, 5) is 0. The lowest BCUT2D eigenvalue weighted by Crippen LogP contribution is -2.43. The van der Waals surface area contributed by atoms with Gasteiger partial charge in [-0.1, -0.05) is 56.3 Å². The molecule has 2 heteroatoms. The minimum absolute atomic E-state index is 0.0770. The molecule has 3 rings (SSSR count). The van der Waals surface area contributed by atoms with E-state index in [1.165, 1.54) is 17.7 Å². The highest BCUT2D eigenvalue weighted by Crippen LogP contribution is 2.52. The third-order valence-electron chi connectivity index (χ3n) is 4.95. The van der Waals surface area contributed by atoms with Crippen molar-refractivity contribution in [3.63, 3.8) is 0 Å². The van der Waals surface area contributed by atoms with Gasteiger partial charge in [-0.25, -0.2) is 4.39 Å². The lowest BCUT2D eigenvalue weighted by molar-refractivity contribution is 0.368. The third kappa shape index (κ3) is 2.73. The zero-order valence-corrected chi connectivity index (χ0v) is 12.6. The maximum atomic E-state index is 13.1. The lowest BCUT2D eigenvalue weighted by Gasteiger charge is -2.33. The smallest absolute Gasteiger partial charge is 0.123 e. The van der Waals surface area contributed by atoms with Crippen LogP contribution in [0.2, 0.25) is 0 Å². The molecule has 2 aromatic carbocycles. The van der Waals surface area contributed by atoms with Gasteiger partial charge in [0, 0.05) is 11.5 Å². The second-order valence-corrected chi connectivity index (χ2v) is 6.67. The number of rotatable bonds is 4. The summed E-state index contributed by atoms with van der Waals surface area (Å²) in [6, 6.07) is 17.4. The van der Waals surface area contributed by atoms with Crippen LogP contribution in [0.4, 0.5) is 4.39 Å². The molecule has 0 heterocycles. The second-order valence-electron chi connectivity index (χ2n) is 6.67. The molecule has 2 N–H and O–H groups in total. The average molecular weight is 283 g/mol. The van der Waals surface area contributed by atoms with Crippen molar-refractivity contribution in [2.45, 2.75) is 37.6 Å². The van der Waals surface area contributed by atoms with E-state index in [0.717, 1.165) is 12.0 Å². The molecule has 1 fully saturated rings. The average Bonchev–Trinajstić information content (AvgIpc) is 3.28. The molecule has 1 aliphatic rings. The van der Waals surface area contributed by atoms with E-state index in [0.29, 0.717) is 11.8 Å². The van der Waals surface area contributed by atoms with Crippen LogP contribution in [0.25, 0.3) is 0 Å². The van der Waals surface area contributed by atoms with Gasteiger partial charge in [0.2, 0.25) is 0 Å². The normalized spacial score (nSPS) is 22.9. The van der Waals surface area contributed by atoms with Crippen molar-refractivity contribution in [1.82, 2.24) is 0 Å². The minimum atomic E-state index is -0.197. The molecule has 0 aromatic heterocycles. The molecule has 0 aliphatic heterocycles. The SMILES string of the molecule is CC(C)(c1ccc(F)cc1)C(N)C1CC1c1ccccc1. The van der Waals surface area contributed by atoms with Gasteiger partial charge >= 0.3 is 0 Å². The van der Waals surface area contributed by atoms with Crippen LogP contribution in [0.15, 0.2) is 54.6 Å². The van der Waals surface area contributed by atoms with E-state index < -0.39 is 0 Å². The third-order valence-corrected chi connectivity index (χ3v) is 4.95. The highest BCUT2D eigenvalue weighted by molar-refractivity contribution is 5.32. The quantitative estimate of drug-likeness (QED) is 0.892. The van der Waals surface area contributed by atoms with E-state index in [9.17, 15) is 4.39 Å². The van der Waals surface area contributed by atoms with Crippen LogP contribution in [0, 0.1) is 11.7 Å². The van der Waals surface area contributed by atoms with Crippen molar-refractivity contribution in [1.29, 1.82) is 0 Å². The second kappa shape index (κ2) is 5.27. The Bertz CT molecular complexity index is 603. The van der Waals surface area contributed by atoms with Crippen molar-refractivity contribution in [3.05, 3.63) is 71.5 Å². The molecule has 1 nitrogen and oxygen atoms in total. The molecule has 2 aromatic rings. The molecule has 0 spiro atoms. The molecular formula is C19H22FN. The van der Waals surface area contributed by atoms with E-state index in [-0.39, 0.29) is 17.3 Å². The maximum absolute atomic E-state index is 13.1. The first-order valence-corrected chi connectivity index (χ1v) is 7.56. The fourth-order valence-corrected chi connectivity index (χ4v) is 3.30. The highest BCUT2D eigenvalue weighted by atomic mass is 19.1. The number of benzene rings is 2. The van der Waals surface area contributed by atoms with Gasteiger partial charge in [-0.05, 0) is 41.5 Å². The predicted molar refractivity (Wildman–Crippen MR) is 84.7 cm³/mol. The Kier molecular flexibility index (Phi) is 3.58. The maximum Gasteiger partial charge on any atom is 0.123 e. The van der Waals surface area contributed by atoms with Crippen LogP contribution in [0.5, 0.6) is 0 Å². The van der Waals surface area contributed by atoms with Crippen molar-refractivity contribution in [2.24, 2.45) is 11.7 Å². The summed E-state index contributed by atoms with van der Waals surface area (Å²) in [5.74, 6) is 0.880. The largest absolute Gasteiger partial charge is 0.327 e. The molecule has 110 valence electrons. The summed E-state index contributed by atoms with van der Waals surface area (Å²) in [5.41, 5.74) is 8.90. The molecule has 3 atom stereocenters. The van der Waals surface area contributed by atoms with Crippen LogP contribution in [-0.2, 0) is 5.41 Å². The summed E-state index contributed by atoms with van der Waals surface area (Å²) in [6.45, 7) is 4.32. The summed E-state index contributed by atoms with van der Waals surface area (Å²) >= 11 is 0. The first-order valence-electron chi connectivity index (χ1n) is 7.56. The Morgan fingerprint density at radius 2 is 1.67 bits per heavy atom. The number of hydrogen-bond acceptors (Lipinski definition) is 1. The highest BCUT2D eigenvalue weighted by Gasteiger charge is 2.47. The van der Waals surface area contributed by atoms with E-state index in [1.807, 2.05) is 18.2 Å². The standard InChI is InChI=1S/C19H22FN/c1-19(2,14-8-10-15(20)11-9-14)18(21)17-12-16(17)13-6-4-3-5-7-13/h3-11,16-18H,12,21H2,1-2H3. The van der Waals surface area contributed by atoms with Crippen molar-refractivity contribution < 1.29 is 4.39 Å². The van der Waals surface area contributed by atoms with Crippen LogP contribution in [0.1, 0.15) is 37.3 Å². The number of hydrogen-bond donors (Lipinski definition) is 1. The molecule has 21 heavy (non-hydrogen) atoms. The molecular weight excluding hydrogens is 261 g/mol. The van der Waals surface area contributed by atoms with Crippen molar-refractivity contribution in [3.8, 4) is 0 Å². The van der Waals surface area contributed by atoms with Gasteiger partial charge in [0.1, 0.15) is 5.82 Å². The fourth-order valence-electron chi connectivity index (χ4n) is 3.30. The Morgan fingerprint density at radius 1 is 1.05 bits per heavy atom. The van der Waals surface area contributed by atoms with Crippen molar-refractivity contribution in [2.75, 3.05) is 0 Å². The van der Waals surface area contributed by atoms with E-state index >= 15 is 0 Å². The van der Waals surface area contributed by atoms with Gasteiger partial charge < -0.3 is 5.73 Å². The fraction of sp³-hybridized carbons (Fsp3) is 0.368. The number of halogens is 1. The Morgan fingerprint density at radius 3 is 2.29 bits per heavy atom. The Labute approximate surface area is 126 Å². The Hall–Kier alpha value is -1.67. The van der Waals surface area contributed by atoms with Gasteiger partial charge in [0.15, 0.2) is 0 Å². The summed E-state index contributed by atoms with van der Waals surface area (Å²) in [7, 11) is 0. The van der Waals surface area contributed by atoms with Gasteiger partial charge in [-0.3, -0.25) is 0 Å².